The molecule has 1 fully saturated rings. The summed E-state index contributed by atoms with van der Waals surface area (Å²) < 4.78 is 5.24. The zero-order valence-electron chi connectivity index (χ0n) is 15.7. The number of halogens is 1. The maximum absolute atomic E-state index is 12.6. The van der Waals surface area contributed by atoms with E-state index in [4.69, 9.17) is 22.1 Å². The number of carbonyl (C=O) groups is 2. The quantitative estimate of drug-likeness (QED) is 0.741. The van der Waals surface area contributed by atoms with E-state index in [0.717, 1.165) is 25.7 Å². The first-order valence-corrected chi connectivity index (χ1v) is 9.51. The number of piperidine rings is 1. The molecule has 0 bridgehead atoms. The number of rotatable bonds is 6. The smallest absolute Gasteiger partial charge is 0.255 e. The van der Waals surface area contributed by atoms with E-state index < -0.39 is 0 Å². The number of anilines is 1. The van der Waals surface area contributed by atoms with Gasteiger partial charge < -0.3 is 20.7 Å². The number of carbonyl (C=O) groups excluding carboxylic acids is 2. The topological polar surface area (TPSA) is 84.7 Å². The highest BCUT2D eigenvalue weighted by atomic mass is 35.5. The maximum atomic E-state index is 12.6. The number of nitrogens with two attached hydrogens (primary N) is 1. The van der Waals surface area contributed by atoms with Gasteiger partial charge in [-0.1, -0.05) is 25.4 Å². The maximum Gasteiger partial charge on any atom is 0.255 e. The minimum atomic E-state index is -0.242. The van der Waals surface area contributed by atoms with Gasteiger partial charge in [0, 0.05) is 31.1 Å². The van der Waals surface area contributed by atoms with Crippen LogP contribution in [0.1, 0.15) is 49.9 Å². The minimum absolute atomic E-state index is 0.0225. The SMILES string of the molecule is CCC(CC)C(=O)N1CCC(NC(=O)c2cc(Cl)c(N)cc2OC)CC1. The zero-order chi connectivity index (χ0) is 19.3. The summed E-state index contributed by atoms with van der Waals surface area (Å²) in [5, 5.41) is 3.34. The molecule has 0 atom stereocenters. The minimum Gasteiger partial charge on any atom is -0.496 e. The normalized spacial score (nSPS) is 15.2. The highest BCUT2D eigenvalue weighted by Gasteiger charge is 2.28. The fourth-order valence-electron chi connectivity index (χ4n) is 3.32. The number of likely N-dealkylation sites (tertiary alicyclic amines) is 1. The second kappa shape index (κ2) is 9.12. The first-order chi connectivity index (χ1) is 12.4. The third kappa shape index (κ3) is 4.61. The molecule has 26 heavy (non-hydrogen) atoms. The Labute approximate surface area is 160 Å². The van der Waals surface area contributed by atoms with Gasteiger partial charge >= 0.3 is 0 Å². The molecule has 0 spiro atoms. The van der Waals surface area contributed by atoms with Crippen molar-refractivity contribution in [1.82, 2.24) is 10.2 Å². The molecular formula is C19H28ClN3O3. The Morgan fingerprint density at radius 3 is 2.46 bits per heavy atom. The van der Waals surface area contributed by atoms with E-state index in [-0.39, 0.29) is 23.8 Å². The fourth-order valence-corrected chi connectivity index (χ4v) is 3.48. The van der Waals surface area contributed by atoms with Gasteiger partial charge in [-0.05, 0) is 31.7 Å². The number of nitrogens with one attached hydrogen (secondary N) is 1. The highest BCUT2D eigenvalue weighted by molar-refractivity contribution is 6.33. The summed E-state index contributed by atoms with van der Waals surface area (Å²) in [6, 6.07) is 3.10. The number of amides is 2. The van der Waals surface area contributed by atoms with Gasteiger partial charge in [0.25, 0.3) is 5.91 Å². The van der Waals surface area contributed by atoms with Crippen molar-refractivity contribution >= 4 is 29.1 Å². The largest absolute Gasteiger partial charge is 0.496 e. The summed E-state index contributed by atoms with van der Waals surface area (Å²) in [5.74, 6) is 0.480. The monoisotopic (exact) mass is 381 g/mol. The third-order valence-electron chi connectivity index (χ3n) is 5.04. The van der Waals surface area contributed by atoms with Crippen LogP contribution in [0, 0.1) is 5.92 Å². The van der Waals surface area contributed by atoms with Crippen LogP contribution in [0.15, 0.2) is 12.1 Å². The van der Waals surface area contributed by atoms with E-state index in [2.05, 4.69) is 5.32 Å². The van der Waals surface area contributed by atoms with Crippen LogP contribution in [0.25, 0.3) is 0 Å². The van der Waals surface area contributed by atoms with Gasteiger partial charge in [-0.2, -0.15) is 0 Å². The van der Waals surface area contributed by atoms with E-state index in [1.54, 1.807) is 6.07 Å². The van der Waals surface area contributed by atoms with Gasteiger partial charge in [0.15, 0.2) is 0 Å². The van der Waals surface area contributed by atoms with Crippen LogP contribution in [0.4, 0.5) is 5.69 Å². The number of hydrogen-bond donors (Lipinski definition) is 2. The second-order valence-electron chi connectivity index (χ2n) is 6.66. The van der Waals surface area contributed by atoms with Crippen LogP contribution >= 0.6 is 11.6 Å². The number of benzene rings is 1. The summed E-state index contributed by atoms with van der Waals surface area (Å²) in [4.78, 5) is 27.0. The van der Waals surface area contributed by atoms with E-state index >= 15 is 0 Å². The lowest BCUT2D eigenvalue weighted by molar-refractivity contribution is -0.136. The first kappa shape index (κ1) is 20.4. The van der Waals surface area contributed by atoms with E-state index in [1.165, 1.54) is 13.2 Å². The Morgan fingerprint density at radius 2 is 1.92 bits per heavy atom. The van der Waals surface area contributed by atoms with Crippen LogP contribution in [0.2, 0.25) is 5.02 Å². The highest BCUT2D eigenvalue weighted by Crippen LogP contribution is 2.29. The lowest BCUT2D eigenvalue weighted by Crippen LogP contribution is -2.48. The van der Waals surface area contributed by atoms with E-state index in [1.807, 2.05) is 18.7 Å². The molecular weight excluding hydrogens is 354 g/mol. The first-order valence-electron chi connectivity index (χ1n) is 9.13. The van der Waals surface area contributed by atoms with Crippen LogP contribution in [-0.4, -0.2) is 43.0 Å². The Morgan fingerprint density at radius 1 is 1.31 bits per heavy atom. The second-order valence-corrected chi connectivity index (χ2v) is 7.07. The number of nitrogen functional groups attached to an aromatic ring is 1. The van der Waals surface area contributed by atoms with Crippen molar-refractivity contribution in [2.75, 3.05) is 25.9 Å². The van der Waals surface area contributed by atoms with E-state index in [9.17, 15) is 9.59 Å². The molecule has 0 saturated carbocycles. The van der Waals surface area contributed by atoms with Crippen LogP contribution in [-0.2, 0) is 4.79 Å². The number of nitrogens with zero attached hydrogens (tertiary/aromatic N) is 1. The summed E-state index contributed by atoms with van der Waals surface area (Å²) in [7, 11) is 1.49. The summed E-state index contributed by atoms with van der Waals surface area (Å²) in [5.41, 5.74) is 6.49. The van der Waals surface area contributed by atoms with Gasteiger partial charge in [-0.3, -0.25) is 9.59 Å². The molecule has 1 aliphatic rings. The summed E-state index contributed by atoms with van der Waals surface area (Å²) in [6.07, 6.45) is 3.21. The third-order valence-corrected chi connectivity index (χ3v) is 5.37. The molecule has 144 valence electrons. The molecule has 7 heteroatoms. The number of methoxy groups -OCH3 is 1. The molecule has 0 aliphatic carbocycles. The summed E-state index contributed by atoms with van der Waals surface area (Å²) in [6.45, 7) is 5.42. The van der Waals surface area contributed by atoms with Gasteiger partial charge in [0.1, 0.15) is 5.75 Å². The molecule has 1 heterocycles. The molecule has 1 aromatic carbocycles. The van der Waals surface area contributed by atoms with Crippen molar-refractivity contribution in [3.63, 3.8) is 0 Å². The molecule has 1 saturated heterocycles. The average molecular weight is 382 g/mol. The molecule has 0 aromatic heterocycles. The van der Waals surface area contributed by atoms with Crippen LogP contribution in [0.3, 0.4) is 0 Å². The summed E-state index contributed by atoms with van der Waals surface area (Å²) >= 11 is 6.04. The predicted molar refractivity (Wildman–Crippen MR) is 104 cm³/mol. The Kier molecular flexibility index (Phi) is 7.14. The van der Waals surface area contributed by atoms with Crippen LogP contribution < -0.4 is 15.8 Å². The Bertz CT molecular complexity index is 654. The van der Waals surface area contributed by atoms with Gasteiger partial charge in [0.2, 0.25) is 5.91 Å². The van der Waals surface area contributed by atoms with Gasteiger partial charge in [-0.15, -0.1) is 0 Å². The van der Waals surface area contributed by atoms with Crippen molar-refractivity contribution in [2.45, 2.75) is 45.6 Å². The average Bonchev–Trinajstić information content (AvgIpc) is 2.65. The molecule has 1 aliphatic heterocycles. The fraction of sp³-hybridized carbons (Fsp3) is 0.579. The lowest BCUT2D eigenvalue weighted by Gasteiger charge is -2.34. The van der Waals surface area contributed by atoms with Crippen LogP contribution in [0.5, 0.6) is 5.75 Å². The molecule has 2 amide bonds. The Hall–Kier alpha value is -1.95. The lowest BCUT2D eigenvalue weighted by atomic mass is 9.98. The van der Waals surface area contributed by atoms with E-state index in [0.29, 0.717) is 35.1 Å². The number of hydrogen-bond acceptors (Lipinski definition) is 4. The van der Waals surface area contributed by atoms with Crippen molar-refractivity contribution in [3.05, 3.63) is 22.7 Å². The van der Waals surface area contributed by atoms with Crippen molar-refractivity contribution < 1.29 is 14.3 Å². The number of ether oxygens (including phenoxy) is 1. The van der Waals surface area contributed by atoms with Gasteiger partial charge in [-0.25, -0.2) is 0 Å². The molecule has 2 rings (SSSR count). The molecule has 0 unspecified atom stereocenters. The molecule has 3 N–H and O–H groups in total. The van der Waals surface area contributed by atoms with Gasteiger partial charge in [0.05, 0.1) is 23.4 Å². The van der Waals surface area contributed by atoms with Crippen molar-refractivity contribution in [1.29, 1.82) is 0 Å². The molecule has 6 nitrogen and oxygen atoms in total. The molecule has 0 radical (unpaired) electrons. The van der Waals surface area contributed by atoms with Crippen molar-refractivity contribution in [3.8, 4) is 5.75 Å². The standard InChI is InChI=1S/C19H28ClN3O3/c1-4-12(5-2)19(25)23-8-6-13(7-9-23)22-18(24)14-10-15(20)16(21)11-17(14)26-3/h10-13H,4-9,21H2,1-3H3,(H,22,24). The Balaban J connectivity index is 1.96. The van der Waals surface area contributed by atoms with Crippen molar-refractivity contribution in [2.24, 2.45) is 5.92 Å². The zero-order valence-corrected chi connectivity index (χ0v) is 16.4. The molecule has 1 aromatic rings. The predicted octanol–water partition coefficient (Wildman–Crippen LogP) is 3.09.